The van der Waals surface area contributed by atoms with E-state index in [4.69, 9.17) is 4.74 Å². The number of Topliss-reactive ketones (excluding diaryl/α,β-unsaturated/α-hetero) is 1. The van der Waals surface area contributed by atoms with Crippen LogP contribution in [0.15, 0.2) is 36.4 Å². The maximum atomic E-state index is 13.8. The highest BCUT2D eigenvalue weighted by Gasteiger charge is 2.16. The molecule has 0 heterocycles. The third-order valence-corrected chi connectivity index (χ3v) is 2.71. The summed E-state index contributed by atoms with van der Waals surface area (Å²) in [7, 11) is 0. The summed E-state index contributed by atoms with van der Waals surface area (Å²) in [6, 6.07) is 8.58. The van der Waals surface area contributed by atoms with Crippen molar-refractivity contribution >= 4 is 5.78 Å². The molecule has 0 aliphatic rings. The second-order valence-corrected chi connectivity index (χ2v) is 4.16. The van der Waals surface area contributed by atoms with Crippen LogP contribution in [0.1, 0.15) is 22.8 Å². The molecule has 0 aliphatic heterocycles. The molecule has 0 saturated carbocycles. The summed E-state index contributed by atoms with van der Waals surface area (Å²) < 4.78 is 32.8. The summed E-state index contributed by atoms with van der Waals surface area (Å²) in [6.07, 6.45) is 0. The molecule has 2 nitrogen and oxygen atoms in total. The van der Waals surface area contributed by atoms with Gasteiger partial charge in [0.1, 0.15) is 0 Å². The fraction of sp³-hybridized carbons (Fsp3) is 0.133. The van der Waals surface area contributed by atoms with Crippen LogP contribution in [0.25, 0.3) is 0 Å². The number of hydrogen-bond donors (Lipinski definition) is 0. The topological polar surface area (TPSA) is 26.3 Å². The normalized spacial score (nSPS) is 10.3. The van der Waals surface area contributed by atoms with Gasteiger partial charge in [-0.1, -0.05) is 18.2 Å². The molecule has 0 unspecified atom stereocenters. The van der Waals surface area contributed by atoms with Gasteiger partial charge in [0.2, 0.25) is 0 Å². The zero-order chi connectivity index (χ0) is 14.0. The van der Waals surface area contributed by atoms with Crippen molar-refractivity contribution in [2.75, 3.05) is 0 Å². The Morgan fingerprint density at radius 1 is 1.11 bits per heavy atom. The molecule has 2 aromatic carbocycles. The van der Waals surface area contributed by atoms with E-state index in [0.29, 0.717) is 5.56 Å². The Morgan fingerprint density at radius 3 is 2.47 bits per heavy atom. The molecule has 0 N–H and O–H groups in total. The van der Waals surface area contributed by atoms with Gasteiger partial charge in [-0.2, -0.15) is 0 Å². The van der Waals surface area contributed by atoms with Crippen molar-refractivity contribution in [3.05, 3.63) is 59.2 Å². The standard InChI is InChI=1S/C15H12F2O2/c1-9-5-3-8-13(14(9)17)19-15-11(10(2)18)6-4-7-12(15)16/h3-8H,1-2H3. The fourth-order valence-corrected chi connectivity index (χ4v) is 1.70. The SMILES string of the molecule is CC(=O)c1cccc(F)c1Oc1cccc(C)c1F. The molecular weight excluding hydrogens is 250 g/mol. The van der Waals surface area contributed by atoms with Crippen LogP contribution in [-0.2, 0) is 0 Å². The monoisotopic (exact) mass is 262 g/mol. The zero-order valence-electron chi connectivity index (χ0n) is 10.5. The predicted molar refractivity (Wildman–Crippen MR) is 67.6 cm³/mol. The predicted octanol–water partition coefficient (Wildman–Crippen LogP) is 4.27. The number of ketones is 1. The molecule has 2 aromatic rings. The van der Waals surface area contributed by atoms with Crippen LogP contribution in [0.4, 0.5) is 8.78 Å². The van der Waals surface area contributed by atoms with Crippen molar-refractivity contribution in [1.82, 2.24) is 0 Å². The van der Waals surface area contributed by atoms with Gasteiger partial charge >= 0.3 is 0 Å². The smallest absolute Gasteiger partial charge is 0.173 e. The maximum Gasteiger partial charge on any atom is 0.173 e. The highest BCUT2D eigenvalue weighted by atomic mass is 19.1. The van der Waals surface area contributed by atoms with Gasteiger partial charge in [-0.15, -0.1) is 0 Å². The van der Waals surface area contributed by atoms with Crippen molar-refractivity contribution in [1.29, 1.82) is 0 Å². The van der Waals surface area contributed by atoms with Crippen LogP contribution in [0.2, 0.25) is 0 Å². The van der Waals surface area contributed by atoms with E-state index in [9.17, 15) is 13.6 Å². The average Bonchev–Trinajstić information content (AvgIpc) is 2.36. The Hall–Kier alpha value is -2.23. The van der Waals surface area contributed by atoms with Crippen LogP contribution in [-0.4, -0.2) is 5.78 Å². The molecule has 4 heteroatoms. The number of benzene rings is 2. The molecule has 0 amide bonds. The summed E-state index contributed by atoms with van der Waals surface area (Å²) in [5.74, 6) is -1.97. The third kappa shape index (κ3) is 2.62. The van der Waals surface area contributed by atoms with E-state index in [1.807, 2.05) is 0 Å². The summed E-state index contributed by atoms with van der Waals surface area (Å²) in [4.78, 5) is 11.4. The van der Waals surface area contributed by atoms with Crippen molar-refractivity contribution in [3.8, 4) is 11.5 Å². The van der Waals surface area contributed by atoms with Crippen LogP contribution >= 0.6 is 0 Å². The minimum atomic E-state index is -0.700. The molecule has 0 aromatic heterocycles. The summed E-state index contributed by atoms with van der Waals surface area (Å²) in [5, 5.41) is 0. The van der Waals surface area contributed by atoms with Gasteiger partial charge in [0.25, 0.3) is 0 Å². The molecule has 0 atom stereocenters. The summed E-state index contributed by atoms with van der Waals surface area (Å²) in [6.45, 7) is 2.88. The second kappa shape index (κ2) is 5.18. The van der Waals surface area contributed by atoms with E-state index in [2.05, 4.69) is 0 Å². The zero-order valence-corrected chi connectivity index (χ0v) is 10.5. The van der Waals surface area contributed by atoms with Gasteiger partial charge in [0, 0.05) is 0 Å². The summed E-state index contributed by atoms with van der Waals surface area (Å²) >= 11 is 0. The van der Waals surface area contributed by atoms with Gasteiger partial charge in [-0.3, -0.25) is 4.79 Å². The van der Waals surface area contributed by atoms with E-state index in [0.717, 1.165) is 6.07 Å². The van der Waals surface area contributed by atoms with E-state index >= 15 is 0 Å². The first-order valence-electron chi connectivity index (χ1n) is 5.73. The largest absolute Gasteiger partial charge is 0.450 e. The minimum Gasteiger partial charge on any atom is -0.450 e. The quantitative estimate of drug-likeness (QED) is 0.772. The molecule has 0 aliphatic carbocycles. The van der Waals surface area contributed by atoms with Crippen molar-refractivity contribution in [3.63, 3.8) is 0 Å². The fourth-order valence-electron chi connectivity index (χ4n) is 1.70. The Morgan fingerprint density at radius 2 is 1.79 bits per heavy atom. The number of aryl methyl sites for hydroxylation is 1. The van der Waals surface area contributed by atoms with E-state index in [-0.39, 0.29) is 22.8 Å². The molecule has 0 bridgehead atoms. The lowest BCUT2D eigenvalue weighted by Crippen LogP contribution is -2.01. The molecule has 2 rings (SSSR count). The number of rotatable bonds is 3. The van der Waals surface area contributed by atoms with Gasteiger partial charge < -0.3 is 4.74 Å². The number of carbonyl (C=O) groups excluding carboxylic acids is 1. The molecule has 0 saturated heterocycles. The van der Waals surface area contributed by atoms with Crippen LogP contribution < -0.4 is 4.74 Å². The molecule has 0 radical (unpaired) electrons. The minimum absolute atomic E-state index is 0.0842. The third-order valence-electron chi connectivity index (χ3n) is 2.71. The van der Waals surface area contributed by atoms with Gasteiger partial charge in [-0.25, -0.2) is 8.78 Å². The van der Waals surface area contributed by atoms with Crippen LogP contribution in [0.5, 0.6) is 11.5 Å². The first-order valence-corrected chi connectivity index (χ1v) is 5.73. The molecule has 19 heavy (non-hydrogen) atoms. The maximum absolute atomic E-state index is 13.8. The number of hydrogen-bond acceptors (Lipinski definition) is 2. The van der Waals surface area contributed by atoms with E-state index in [1.165, 1.54) is 25.1 Å². The Balaban J connectivity index is 2.49. The van der Waals surface area contributed by atoms with Crippen LogP contribution in [0, 0.1) is 18.6 Å². The average molecular weight is 262 g/mol. The van der Waals surface area contributed by atoms with Crippen LogP contribution in [0.3, 0.4) is 0 Å². The van der Waals surface area contributed by atoms with Gasteiger partial charge in [-0.05, 0) is 37.6 Å². The van der Waals surface area contributed by atoms with Gasteiger partial charge in [0.05, 0.1) is 5.56 Å². The Labute approximate surface area is 109 Å². The lowest BCUT2D eigenvalue weighted by atomic mass is 10.1. The first-order chi connectivity index (χ1) is 9.00. The second-order valence-electron chi connectivity index (χ2n) is 4.16. The highest BCUT2D eigenvalue weighted by Crippen LogP contribution is 2.31. The lowest BCUT2D eigenvalue weighted by Gasteiger charge is -2.11. The Kier molecular flexibility index (Phi) is 3.60. The molecule has 0 fully saturated rings. The molecular formula is C15H12F2O2. The van der Waals surface area contributed by atoms with Crippen molar-refractivity contribution < 1.29 is 18.3 Å². The highest BCUT2D eigenvalue weighted by molar-refractivity contribution is 5.96. The molecule has 0 spiro atoms. The van der Waals surface area contributed by atoms with E-state index < -0.39 is 11.6 Å². The number of para-hydroxylation sites is 1. The van der Waals surface area contributed by atoms with Crippen molar-refractivity contribution in [2.24, 2.45) is 0 Å². The summed E-state index contributed by atoms with van der Waals surface area (Å²) in [5.41, 5.74) is 0.471. The number of ether oxygens (including phenoxy) is 1. The van der Waals surface area contributed by atoms with Crippen molar-refractivity contribution in [2.45, 2.75) is 13.8 Å². The lowest BCUT2D eigenvalue weighted by molar-refractivity contribution is 0.101. The Bertz CT molecular complexity index is 636. The first kappa shape index (κ1) is 13.2. The van der Waals surface area contributed by atoms with Gasteiger partial charge in [0.15, 0.2) is 28.9 Å². The molecule has 98 valence electrons. The van der Waals surface area contributed by atoms with E-state index in [1.54, 1.807) is 19.1 Å². The number of halogens is 2. The number of carbonyl (C=O) groups is 1.